The van der Waals surface area contributed by atoms with E-state index >= 15 is 0 Å². The van der Waals surface area contributed by atoms with Crippen molar-refractivity contribution in [1.82, 2.24) is 0 Å². The van der Waals surface area contributed by atoms with Gasteiger partial charge in [-0.2, -0.15) is 0 Å². The van der Waals surface area contributed by atoms with E-state index in [4.69, 9.17) is 10.5 Å². The van der Waals surface area contributed by atoms with Crippen LogP contribution < -0.4 is 5.73 Å². The molecule has 0 bridgehead atoms. The summed E-state index contributed by atoms with van der Waals surface area (Å²) in [4.78, 5) is 0. The monoisotopic (exact) mass is 141 g/mol. The largest absolute Gasteiger partial charge is 0.497 e. The van der Waals surface area contributed by atoms with Crippen LogP contribution in [0.2, 0.25) is 0 Å². The second kappa shape index (κ2) is 3.62. The summed E-state index contributed by atoms with van der Waals surface area (Å²) in [6.07, 6.45) is 6.40. The molecule has 0 aromatic rings. The van der Waals surface area contributed by atoms with E-state index in [1.807, 2.05) is 0 Å². The summed E-state index contributed by atoms with van der Waals surface area (Å²) < 4.78 is 5.23. The Balaban J connectivity index is 2.32. The Labute approximate surface area is 62.1 Å². The quantitative estimate of drug-likeness (QED) is 0.590. The third-order valence-corrected chi connectivity index (χ3v) is 2.02. The number of rotatable bonds is 2. The van der Waals surface area contributed by atoms with Crippen molar-refractivity contribution in [2.24, 2.45) is 5.73 Å². The third kappa shape index (κ3) is 1.74. The maximum atomic E-state index is 5.79. The minimum atomic E-state index is 0.228. The molecular weight excluding hydrogens is 126 g/mol. The van der Waals surface area contributed by atoms with E-state index in [9.17, 15) is 0 Å². The van der Waals surface area contributed by atoms with Crippen molar-refractivity contribution < 1.29 is 4.74 Å². The molecule has 1 fully saturated rings. The average Bonchev–Trinajstić information content (AvgIpc) is 1.94. The van der Waals surface area contributed by atoms with Gasteiger partial charge in [-0.3, -0.25) is 0 Å². The molecule has 1 aliphatic carbocycles. The Bertz CT molecular complexity index is 114. The second-order valence-electron chi connectivity index (χ2n) is 2.79. The molecule has 2 N–H and O–H groups in total. The molecule has 58 valence electrons. The summed E-state index contributed by atoms with van der Waals surface area (Å²) in [5.74, 6) is 0. The molecule has 0 aromatic heterocycles. The van der Waals surface area contributed by atoms with Gasteiger partial charge in [0.25, 0.3) is 0 Å². The van der Waals surface area contributed by atoms with Gasteiger partial charge in [0.05, 0.1) is 6.26 Å². The van der Waals surface area contributed by atoms with Crippen LogP contribution in [-0.2, 0) is 4.74 Å². The lowest BCUT2D eigenvalue weighted by molar-refractivity contribution is 0.0877. The van der Waals surface area contributed by atoms with Gasteiger partial charge in [0.1, 0.15) is 6.10 Å². The Morgan fingerprint density at radius 3 is 2.70 bits per heavy atom. The summed E-state index contributed by atoms with van der Waals surface area (Å²) in [6, 6.07) is 0.228. The molecule has 1 rings (SSSR count). The van der Waals surface area contributed by atoms with Crippen LogP contribution >= 0.6 is 0 Å². The summed E-state index contributed by atoms with van der Waals surface area (Å²) in [6.45, 7) is 3.51. The predicted molar refractivity (Wildman–Crippen MR) is 41.5 cm³/mol. The normalized spacial score (nSPS) is 33.3. The van der Waals surface area contributed by atoms with E-state index in [2.05, 4.69) is 6.58 Å². The fraction of sp³-hybridized carbons (Fsp3) is 0.750. The minimum absolute atomic E-state index is 0.228. The highest BCUT2D eigenvalue weighted by Gasteiger charge is 2.21. The Hall–Kier alpha value is -0.500. The first-order valence-electron chi connectivity index (χ1n) is 3.86. The van der Waals surface area contributed by atoms with E-state index in [-0.39, 0.29) is 12.1 Å². The summed E-state index contributed by atoms with van der Waals surface area (Å²) in [5, 5.41) is 0. The highest BCUT2D eigenvalue weighted by molar-refractivity contribution is 4.79. The molecule has 1 saturated carbocycles. The van der Waals surface area contributed by atoms with Crippen LogP contribution in [0.3, 0.4) is 0 Å². The molecule has 1 aliphatic rings. The molecule has 0 aromatic carbocycles. The maximum Gasteiger partial charge on any atom is 0.113 e. The zero-order valence-electron chi connectivity index (χ0n) is 6.25. The second-order valence-corrected chi connectivity index (χ2v) is 2.79. The first-order chi connectivity index (χ1) is 4.84. The Morgan fingerprint density at radius 1 is 1.40 bits per heavy atom. The third-order valence-electron chi connectivity index (χ3n) is 2.02. The minimum Gasteiger partial charge on any atom is -0.497 e. The van der Waals surface area contributed by atoms with Gasteiger partial charge < -0.3 is 10.5 Å². The highest BCUT2D eigenvalue weighted by atomic mass is 16.5. The average molecular weight is 141 g/mol. The van der Waals surface area contributed by atoms with E-state index in [1.165, 1.54) is 19.1 Å². The lowest BCUT2D eigenvalue weighted by atomic mass is 9.93. The Morgan fingerprint density at radius 2 is 2.10 bits per heavy atom. The fourth-order valence-corrected chi connectivity index (χ4v) is 1.42. The van der Waals surface area contributed by atoms with E-state index in [0.717, 1.165) is 12.8 Å². The fourth-order valence-electron chi connectivity index (χ4n) is 1.42. The van der Waals surface area contributed by atoms with E-state index < -0.39 is 0 Å². The molecule has 2 atom stereocenters. The van der Waals surface area contributed by atoms with Crippen LogP contribution in [0.25, 0.3) is 0 Å². The number of ether oxygens (including phenoxy) is 1. The van der Waals surface area contributed by atoms with Gasteiger partial charge in [0, 0.05) is 6.04 Å². The van der Waals surface area contributed by atoms with Crippen molar-refractivity contribution in [1.29, 1.82) is 0 Å². The predicted octanol–water partition coefficient (Wildman–Crippen LogP) is 1.42. The Kier molecular flexibility index (Phi) is 2.75. The zero-order chi connectivity index (χ0) is 7.40. The van der Waals surface area contributed by atoms with Gasteiger partial charge in [0.2, 0.25) is 0 Å². The smallest absolute Gasteiger partial charge is 0.113 e. The first kappa shape index (κ1) is 7.61. The maximum absolute atomic E-state index is 5.79. The highest BCUT2D eigenvalue weighted by Crippen LogP contribution is 2.19. The molecule has 2 unspecified atom stereocenters. The number of hydrogen-bond acceptors (Lipinski definition) is 2. The molecule has 2 nitrogen and oxygen atoms in total. The number of nitrogens with two attached hydrogens (primary N) is 1. The van der Waals surface area contributed by atoms with Gasteiger partial charge >= 0.3 is 0 Å². The van der Waals surface area contributed by atoms with Gasteiger partial charge in [-0.15, -0.1) is 0 Å². The topological polar surface area (TPSA) is 35.2 Å². The van der Waals surface area contributed by atoms with Gasteiger partial charge in [0.15, 0.2) is 0 Å². The zero-order valence-corrected chi connectivity index (χ0v) is 6.25. The molecule has 10 heavy (non-hydrogen) atoms. The lowest BCUT2D eigenvalue weighted by Crippen LogP contribution is -2.38. The van der Waals surface area contributed by atoms with Crippen molar-refractivity contribution in [3.63, 3.8) is 0 Å². The van der Waals surface area contributed by atoms with Crippen LogP contribution in [0.15, 0.2) is 12.8 Å². The van der Waals surface area contributed by atoms with Crippen molar-refractivity contribution in [3.8, 4) is 0 Å². The van der Waals surface area contributed by atoms with Crippen LogP contribution in [0.1, 0.15) is 25.7 Å². The molecule has 0 heterocycles. The standard InChI is InChI=1S/C8H15NO/c1-2-10-8-6-4-3-5-7(8)9/h2,7-8H,1,3-6,9H2. The van der Waals surface area contributed by atoms with Crippen molar-refractivity contribution in [2.75, 3.05) is 0 Å². The van der Waals surface area contributed by atoms with Crippen LogP contribution in [0.4, 0.5) is 0 Å². The lowest BCUT2D eigenvalue weighted by Gasteiger charge is -2.27. The van der Waals surface area contributed by atoms with Crippen molar-refractivity contribution in [2.45, 2.75) is 37.8 Å². The van der Waals surface area contributed by atoms with Crippen LogP contribution in [0.5, 0.6) is 0 Å². The van der Waals surface area contributed by atoms with Gasteiger partial charge in [-0.05, 0) is 19.3 Å². The summed E-state index contributed by atoms with van der Waals surface area (Å²) >= 11 is 0. The molecule has 0 radical (unpaired) electrons. The van der Waals surface area contributed by atoms with Crippen molar-refractivity contribution in [3.05, 3.63) is 12.8 Å². The first-order valence-corrected chi connectivity index (χ1v) is 3.86. The molecule has 0 aliphatic heterocycles. The van der Waals surface area contributed by atoms with Crippen LogP contribution in [-0.4, -0.2) is 12.1 Å². The van der Waals surface area contributed by atoms with Crippen molar-refractivity contribution >= 4 is 0 Å². The summed E-state index contributed by atoms with van der Waals surface area (Å²) in [7, 11) is 0. The molecule has 0 saturated heterocycles. The van der Waals surface area contributed by atoms with Crippen LogP contribution in [0, 0.1) is 0 Å². The van der Waals surface area contributed by atoms with Gasteiger partial charge in [-0.1, -0.05) is 13.0 Å². The molecule has 0 spiro atoms. The van der Waals surface area contributed by atoms with Gasteiger partial charge in [-0.25, -0.2) is 0 Å². The molecule has 2 heteroatoms. The summed E-state index contributed by atoms with van der Waals surface area (Å²) in [5.41, 5.74) is 5.79. The number of hydrogen-bond donors (Lipinski definition) is 1. The van der Waals surface area contributed by atoms with E-state index in [1.54, 1.807) is 0 Å². The molecule has 0 amide bonds. The SMILES string of the molecule is C=COC1CCCCC1N. The molecular formula is C8H15NO. The van der Waals surface area contributed by atoms with E-state index in [0.29, 0.717) is 0 Å².